The molecule has 0 aromatic rings. The molecule has 0 aliphatic heterocycles. The van der Waals surface area contributed by atoms with Gasteiger partial charge >= 0.3 is 0 Å². The molecule has 0 bridgehead atoms. The average molecular weight is 185 g/mol. The monoisotopic (exact) mass is 185 g/mol. The van der Waals surface area contributed by atoms with Gasteiger partial charge in [-0.25, -0.2) is 0 Å². The van der Waals surface area contributed by atoms with Gasteiger partial charge in [-0.15, -0.1) is 0 Å². The van der Waals surface area contributed by atoms with Crippen LogP contribution in [0.2, 0.25) is 0 Å². The highest BCUT2D eigenvalue weighted by atomic mass is 16.3. The molecule has 3 heteroatoms. The van der Waals surface area contributed by atoms with Crippen molar-refractivity contribution in [2.45, 2.75) is 45.1 Å². The van der Waals surface area contributed by atoms with Crippen molar-refractivity contribution in [1.82, 2.24) is 5.32 Å². The molecule has 2 atom stereocenters. The molecular weight excluding hydrogens is 166 g/mol. The first-order valence-corrected chi connectivity index (χ1v) is 5.12. The molecule has 1 aliphatic rings. The zero-order valence-electron chi connectivity index (χ0n) is 8.25. The van der Waals surface area contributed by atoms with Gasteiger partial charge in [0.1, 0.15) is 6.61 Å². The number of amides is 1. The van der Waals surface area contributed by atoms with Gasteiger partial charge < -0.3 is 10.4 Å². The van der Waals surface area contributed by atoms with E-state index in [0.717, 1.165) is 18.8 Å². The zero-order chi connectivity index (χ0) is 9.68. The largest absolute Gasteiger partial charge is 0.387 e. The molecule has 1 saturated carbocycles. The SMILES string of the molecule is CC1CCCC(NC(=O)CO)CC1. The Balaban J connectivity index is 2.29. The molecule has 0 saturated heterocycles. The number of hydrogen-bond acceptors (Lipinski definition) is 2. The lowest BCUT2D eigenvalue weighted by molar-refractivity contribution is -0.124. The van der Waals surface area contributed by atoms with E-state index >= 15 is 0 Å². The maximum atomic E-state index is 10.9. The molecule has 1 fully saturated rings. The van der Waals surface area contributed by atoms with Gasteiger partial charge in [-0.2, -0.15) is 0 Å². The van der Waals surface area contributed by atoms with Crippen LogP contribution in [-0.4, -0.2) is 23.7 Å². The molecule has 1 amide bonds. The van der Waals surface area contributed by atoms with Crippen LogP contribution in [0.3, 0.4) is 0 Å². The summed E-state index contributed by atoms with van der Waals surface area (Å²) in [5.41, 5.74) is 0. The molecule has 1 aliphatic carbocycles. The smallest absolute Gasteiger partial charge is 0.245 e. The molecular formula is C10H19NO2. The second-order valence-corrected chi connectivity index (χ2v) is 4.04. The maximum Gasteiger partial charge on any atom is 0.245 e. The second kappa shape index (κ2) is 5.22. The molecule has 1 rings (SSSR count). The molecule has 2 unspecified atom stereocenters. The average Bonchev–Trinajstić information content (AvgIpc) is 2.31. The number of aliphatic hydroxyl groups excluding tert-OH is 1. The third kappa shape index (κ3) is 3.77. The Morgan fingerprint density at radius 2 is 2.15 bits per heavy atom. The Labute approximate surface area is 79.5 Å². The number of rotatable bonds is 2. The first-order chi connectivity index (χ1) is 6.22. The van der Waals surface area contributed by atoms with Crippen LogP contribution in [0.5, 0.6) is 0 Å². The third-order valence-electron chi connectivity index (χ3n) is 2.77. The number of aliphatic hydroxyl groups is 1. The van der Waals surface area contributed by atoms with Crippen LogP contribution < -0.4 is 5.32 Å². The van der Waals surface area contributed by atoms with E-state index in [1.54, 1.807) is 0 Å². The molecule has 76 valence electrons. The molecule has 2 N–H and O–H groups in total. The predicted octanol–water partition coefficient (Wildman–Crippen LogP) is 1.06. The minimum absolute atomic E-state index is 0.237. The van der Waals surface area contributed by atoms with Gasteiger partial charge in [-0.05, 0) is 25.2 Å². The number of hydrogen-bond donors (Lipinski definition) is 2. The fraction of sp³-hybridized carbons (Fsp3) is 0.900. The Hall–Kier alpha value is -0.570. The van der Waals surface area contributed by atoms with E-state index in [4.69, 9.17) is 5.11 Å². The molecule has 13 heavy (non-hydrogen) atoms. The first kappa shape index (κ1) is 10.5. The lowest BCUT2D eigenvalue weighted by Gasteiger charge is -2.15. The van der Waals surface area contributed by atoms with Crippen LogP contribution in [0.1, 0.15) is 39.0 Å². The van der Waals surface area contributed by atoms with Gasteiger partial charge in [0.25, 0.3) is 0 Å². The lowest BCUT2D eigenvalue weighted by atomic mass is 10.0. The molecule has 3 nitrogen and oxygen atoms in total. The molecule has 0 spiro atoms. The van der Waals surface area contributed by atoms with E-state index in [-0.39, 0.29) is 12.5 Å². The number of nitrogens with one attached hydrogen (secondary N) is 1. The summed E-state index contributed by atoms with van der Waals surface area (Å²) >= 11 is 0. The summed E-state index contributed by atoms with van der Waals surface area (Å²) in [6, 6.07) is 0.296. The fourth-order valence-corrected chi connectivity index (χ4v) is 1.90. The van der Waals surface area contributed by atoms with Crippen LogP contribution in [0.4, 0.5) is 0 Å². The summed E-state index contributed by atoms with van der Waals surface area (Å²) in [5, 5.41) is 11.4. The lowest BCUT2D eigenvalue weighted by Crippen LogP contribution is -2.36. The van der Waals surface area contributed by atoms with Gasteiger partial charge in [0.2, 0.25) is 5.91 Å². The minimum Gasteiger partial charge on any atom is -0.387 e. The molecule has 0 aromatic carbocycles. The molecule has 0 aromatic heterocycles. The van der Waals surface area contributed by atoms with Crippen molar-refractivity contribution in [2.24, 2.45) is 5.92 Å². The predicted molar refractivity (Wildman–Crippen MR) is 51.3 cm³/mol. The highest BCUT2D eigenvalue weighted by molar-refractivity contribution is 5.77. The normalized spacial score (nSPS) is 29.4. The topological polar surface area (TPSA) is 49.3 Å². The Kier molecular flexibility index (Phi) is 4.22. The molecule has 0 heterocycles. The summed E-state index contributed by atoms with van der Waals surface area (Å²) in [6.45, 7) is 1.88. The summed E-state index contributed by atoms with van der Waals surface area (Å²) < 4.78 is 0. The highest BCUT2D eigenvalue weighted by Crippen LogP contribution is 2.22. The van der Waals surface area contributed by atoms with Gasteiger partial charge in [-0.3, -0.25) is 4.79 Å². The fourth-order valence-electron chi connectivity index (χ4n) is 1.90. The quantitative estimate of drug-likeness (QED) is 0.632. The maximum absolute atomic E-state index is 10.9. The first-order valence-electron chi connectivity index (χ1n) is 5.12. The van der Waals surface area contributed by atoms with Crippen molar-refractivity contribution in [3.05, 3.63) is 0 Å². The van der Waals surface area contributed by atoms with Crippen molar-refractivity contribution in [3.8, 4) is 0 Å². The van der Waals surface area contributed by atoms with Gasteiger partial charge in [0.05, 0.1) is 0 Å². The van der Waals surface area contributed by atoms with E-state index in [0.29, 0.717) is 6.04 Å². The Morgan fingerprint density at radius 3 is 2.85 bits per heavy atom. The van der Waals surface area contributed by atoms with Crippen LogP contribution >= 0.6 is 0 Å². The minimum atomic E-state index is -0.383. The van der Waals surface area contributed by atoms with Crippen LogP contribution in [0.15, 0.2) is 0 Å². The van der Waals surface area contributed by atoms with E-state index < -0.39 is 0 Å². The standard InChI is InChI=1S/C10H19NO2/c1-8-3-2-4-9(6-5-8)11-10(13)7-12/h8-9,12H,2-7H2,1H3,(H,11,13). The van der Waals surface area contributed by atoms with Crippen molar-refractivity contribution in [2.75, 3.05) is 6.61 Å². The van der Waals surface area contributed by atoms with Crippen LogP contribution in [0.25, 0.3) is 0 Å². The number of carbonyl (C=O) groups excluding carboxylic acids is 1. The number of carbonyl (C=O) groups is 1. The van der Waals surface area contributed by atoms with Crippen LogP contribution in [-0.2, 0) is 4.79 Å². The summed E-state index contributed by atoms with van der Waals surface area (Å²) in [7, 11) is 0. The molecule has 0 radical (unpaired) electrons. The Bertz CT molecular complexity index is 170. The van der Waals surface area contributed by atoms with E-state index in [1.807, 2.05) is 0 Å². The van der Waals surface area contributed by atoms with Crippen molar-refractivity contribution >= 4 is 5.91 Å². The van der Waals surface area contributed by atoms with Crippen LogP contribution in [0, 0.1) is 5.92 Å². The van der Waals surface area contributed by atoms with Gasteiger partial charge in [-0.1, -0.05) is 19.8 Å². The van der Waals surface area contributed by atoms with Crippen molar-refractivity contribution in [3.63, 3.8) is 0 Å². The van der Waals surface area contributed by atoms with E-state index in [2.05, 4.69) is 12.2 Å². The van der Waals surface area contributed by atoms with E-state index in [1.165, 1.54) is 19.3 Å². The van der Waals surface area contributed by atoms with Crippen molar-refractivity contribution < 1.29 is 9.90 Å². The Morgan fingerprint density at radius 1 is 1.38 bits per heavy atom. The third-order valence-corrected chi connectivity index (χ3v) is 2.77. The summed E-state index contributed by atoms with van der Waals surface area (Å²) in [5.74, 6) is 0.551. The summed E-state index contributed by atoms with van der Waals surface area (Å²) in [4.78, 5) is 10.9. The summed E-state index contributed by atoms with van der Waals surface area (Å²) in [6.07, 6.45) is 5.78. The second-order valence-electron chi connectivity index (χ2n) is 4.04. The van der Waals surface area contributed by atoms with Crippen molar-refractivity contribution in [1.29, 1.82) is 0 Å². The van der Waals surface area contributed by atoms with Gasteiger partial charge in [0, 0.05) is 6.04 Å². The zero-order valence-corrected chi connectivity index (χ0v) is 8.25. The van der Waals surface area contributed by atoms with E-state index in [9.17, 15) is 4.79 Å². The highest BCUT2D eigenvalue weighted by Gasteiger charge is 2.17. The van der Waals surface area contributed by atoms with Gasteiger partial charge in [0.15, 0.2) is 0 Å².